The van der Waals surface area contributed by atoms with Crippen molar-refractivity contribution in [1.29, 1.82) is 0 Å². The van der Waals surface area contributed by atoms with E-state index in [9.17, 15) is 18.0 Å². The van der Waals surface area contributed by atoms with Crippen LogP contribution in [0.5, 0.6) is 5.75 Å². The second kappa shape index (κ2) is 10.0. The zero-order valence-corrected chi connectivity index (χ0v) is 20.7. The lowest BCUT2D eigenvalue weighted by Crippen LogP contribution is -2.45. The standard InChI is InChI=1S/C24H22BrN3O5S/c1-2-33-20-9-7-19(8-10-20)28-23(29)14-22(24(28)30)27(16-17-4-3-13-26-15-17)34(31,32)21-11-5-18(25)6-12-21/h3-13,15,22H,2,14,16H2,1H3. The number of carbonyl (C=O) groups is 2. The number of benzene rings is 2. The lowest BCUT2D eigenvalue weighted by Gasteiger charge is -2.27. The molecule has 1 atom stereocenters. The van der Waals surface area contributed by atoms with E-state index in [-0.39, 0.29) is 17.9 Å². The number of hydrogen-bond acceptors (Lipinski definition) is 6. The van der Waals surface area contributed by atoms with Gasteiger partial charge in [-0.15, -0.1) is 0 Å². The van der Waals surface area contributed by atoms with Gasteiger partial charge in [0.05, 0.1) is 23.6 Å². The number of amides is 2. The first-order chi connectivity index (χ1) is 16.3. The van der Waals surface area contributed by atoms with Crippen molar-refractivity contribution in [2.24, 2.45) is 0 Å². The number of carbonyl (C=O) groups excluding carboxylic acids is 2. The second-order valence-corrected chi connectivity index (χ2v) is 10.4. The van der Waals surface area contributed by atoms with Gasteiger partial charge in [0, 0.05) is 23.4 Å². The molecule has 8 nitrogen and oxygen atoms in total. The molecular weight excluding hydrogens is 522 g/mol. The Morgan fingerprint density at radius 3 is 2.41 bits per heavy atom. The summed E-state index contributed by atoms with van der Waals surface area (Å²) < 4.78 is 34.5. The molecule has 10 heteroatoms. The molecule has 0 saturated carbocycles. The van der Waals surface area contributed by atoms with Gasteiger partial charge < -0.3 is 4.74 Å². The average Bonchev–Trinajstić information content (AvgIpc) is 3.12. The molecule has 0 N–H and O–H groups in total. The first-order valence-corrected chi connectivity index (χ1v) is 12.8. The van der Waals surface area contributed by atoms with Gasteiger partial charge in [0.2, 0.25) is 15.9 Å². The Balaban J connectivity index is 1.70. The number of imide groups is 1. The molecule has 34 heavy (non-hydrogen) atoms. The van der Waals surface area contributed by atoms with Crippen LogP contribution in [0.2, 0.25) is 0 Å². The summed E-state index contributed by atoms with van der Waals surface area (Å²) in [7, 11) is -4.11. The fourth-order valence-electron chi connectivity index (χ4n) is 3.75. The van der Waals surface area contributed by atoms with Crippen molar-refractivity contribution in [3.05, 3.63) is 83.1 Å². The first kappa shape index (κ1) is 24.1. The van der Waals surface area contributed by atoms with Crippen molar-refractivity contribution in [2.45, 2.75) is 30.8 Å². The maximum atomic E-state index is 13.6. The quantitative estimate of drug-likeness (QED) is 0.401. The molecule has 1 unspecified atom stereocenters. The monoisotopic (exact) mass is 543 g/mol. The molecule has 1 aliphatic heterocycles. The molecule has 3 aromatic rings. The fourth-order valence-corrected chi connectivity index (χ4v) is 5.58. The van der Waals surface area contributed by atoms with Crippen LogP contribution in [-0.2, 0) is 26.2 Å². The fraction of sp³-hybridized carbons (Fsp3) is 0.208. The number of rotatable bonds is 8. The predicted octanol–water partition coefficient (Wildman–Crippen LogP) is 3.77. The number of hydrogen-bond donors (Lipinski definition) is 0. The van der Waals surface area contributed by atoms with E-state index in [0.29, 0.717) is 23.6 Å². The van der Waals surface area contributed by atoms with Crippen molar-refractivity contribution in [2.75, 3.05) is 11.5 Å². The van der Waals surface area contributed by atoms with Gasteiger partial charge in [-0.2, -0.15) is 4.31 Å². The minimum absolute atomic E-state index is 0.0272. The third-order valence-electron chi connectivity index (χ3n) is 5.36. The summed E-state index contributed by atoms with van der Waals surface area (Å²) in [5.74, 6) is -0.460. The van der Waals surface area contributed by atoms with E-state index in [1.807, 2.05) is 6.92 Å². The minimum atomic E-state index is -4.11. The third-order valence-corrected chi connectivity index (χ3v) is 7.76. The smallest absolute Gasteiger partial charge is 0.252 e. The van der Waals surface area contributed by atoms with Crippen molar-refractivity contribution < 1.29 is 22.7 Å². The Hall–Kier alpha value is -3.08. The predicted molar refractivity (Wildman–Crippen MR) is 130 cm³/mol. The number of sulfonamides is 1. The Labute approximate surface area is 206 Å². The largest absolute Gasteiger partial charge is 0.494 e. The van der Waals surface area contributed by atoms with Crippen molar-refractivity contribution in [3.63, 3.8) is 0 Å². The molecule has 0 aliphatic carbocycles. The highest BCUT2D eigenvalue weighted by Crippen LogP contribution is 2.31. The number of pyridine rings is 1. The second-order valence-electron chi connectivity index (χ2n) is 7.58. The number of nitrogens with zero attached hydrogens (tertiary/aromatic N) is 3. The molecule has 1 fully saturated rings. The van der Waals surface area contributed by atoms with Gasteiger partial charge in [-0.25, -0.2) is 13.3 Å². The van der Waals surface area contributed by atoms with Gasteiger partial charge in [0.25, 0.3) is 5.91 Å². The lowest BCUT2D eigenvalue weighted by molar-refractivity contribution is -0.122. The van der Waals surface area contributed by atoms with Crippen LogP contribution in [0.1, 0.15) is 18.9 Å². The highest BCUT2D eigenvalue weighted by atomic mass is 79.9. The lowest BCUT2D eigenvalue weighted by atomic mass is 10.2. The summed E-state index contributed by atoms with van der Waals surface area (Å²) in [4.78, 5) is 31.5. The van der Waals surface area contributed by atoms with Gasteiger partial charge in [0.15, 0.2) is 0 Å². The summed E-state index contributed by atoms with van der Waals surface area (Å²) in [5, 5.41) is 0. The van der Waals surface area contributed by atoms with Crippen LogP contribution in [0.4, 0.5) is 5.69 Å². The molecule has 0 bridgehead atoms. The summed E-state index contributed by atoms with van der Waals surface area (Å²) in [6.45, 7) is 2.24. The van der Waals surface area contributed by atoms with E-state index in [2.05, 4.69) is 20.9 Å². The summed E-state index contributed by atoms with van der Waals surface area (Å²) in [5.41, 5.74) is 0.964. The molecule has 1 saturated heterocycles. The molecule has 2 heterocycles. The molecule has 4 rings (SSSR count). The number of aromatic nitrogens is 1. The zero-order valence-electron chi connectivity index (χ0n) is 18.3. The first-order valence-electron chi connectivity index (χ1n) is 10.6. The van der Waals surface area contributed by atoms with E-state index < -0.39 is 27.9 Å². The summed E-state index contributed by atoms with van der Waals surface area (Å²) in [6, 6.07) is 14.9. The van der Waals surface area contributed by atoms with Crippen molar-refractivity contribution >= 4 is 43.5 Å². The van der Waals surface area contributed by atoms with E-state index in [1.165, 1.54) is 18.3 Å². The van der Waals surface area contributed by atoms with E-state index in [0.717, 1.165) is 13.7 Å². The molecule has 176 valence electrons. The van der Waals surface area contributed by atoms with Crippen LogP contribution in [0.3, 0.4) is 0 Å². The number of ether oxygens (including phenoxy) is 1. The third kappa shape index (κ3) is 4.89. The van der Waals surface area contributed by atoms with E-state index in [4.69, 9.17) is 4.74 Å². The molecule has 2 amide bonds. The maximum Gasteiger partial charge on any atom is 0.252 e. The molecule has 0 spiro atoms. The van der Waals surface area contributed by atoms with Gasteiger partial charge in [0.1, 0.15) is 11.8 Å². The van der Waals surface area contributed by atoms with Gasteiger partial charge in [-0.05, 0) is 67.1 Å². The molecular formula is C24H22BrN3O5S. The van der Waals surface area contributed by atoms with Gasteiger partial charge >= 0.3 is 0 Å². The normalized spacial score (nSPS) is 16.3. The Morgan fingerprint density at radius 1 is 1.09 bits per heavy atom. The van der Waals surface area contributed by atoms with Crippen molar-refractivity contribution in [1.82, 2.24) is 9.29 Å². The molecule has 1 aliphatic rings. The van der Waals surface area contributed by atoms with Crippen LogP contribution in [0, 0.1) is 0 Å². The topological polar surface area (TPSA) is 96.9 Å². The van der Waals surface area contributed by atoms with Crippen LogP contribution >= 0.6 is 15.9 Å². The molecule has 0 radical (unpaired) electrons. The SMILES string of the molecule is CCOc1ccc(N2C(=O)CC(N(Cc3cccnc3)S(=O)(=O)c3ccc(Br)cc3)C2=O)cc1. The Bertz CT molecular complexity index is 1280. The molecule has 2 aromatic carbocycles. The van der Waals surface area contributed by atoms with Crippen LogP contribution in [0.15, 0.2) is 82.4 Å². The van der Waals surface area contributed by atoms with E-state index >= 15 is 0 Å². The maximum absolute atomic E-state index is 13.6. The van der Waals surface area contributed by atoms with Crippen LogP contribution in [0.25, 0.3) is 0 Å². The summed E-state index contributed by atoms with van der Waals surface area (Å²) in [6.07, 6.45) is 2.85. The van der Waals surface area contributed by atoms with Crippen LogP contribution in [-0.4, -0.2) is 42.2 Å². The zero-order chi connectivity index (χ0) is 24.3. The summed E-state index contributed by atoms with van der Waals surface area (Å²) >= 11 is 3.30. The molecule has 1 aromatic heterocycles. The highest BCUT2D eigenvalue weighted by Gasteiger charge is 2.47. The van der Waals surface area contributed by atoms with Gasteiger partial charge in [-0.3, -0.25) is 14.6 Å². The highest BCUT2D eigenvalue weighted by molar-refractivity contribution is 9.10. The number of halogens is 1. The van der Waals surface area contributed by atoms with Crippen molar-refractivity contribution in [3.8, 4) is 5.75 Å². The number of anilines is 1. The van der Waals surface area contributed by atoms with Gasteiger partial charge in [-0.1, -0.05) is 22.0 Å². The Kier molecular flexibility index (Phi) is 7.11. The van der Waals surface area contributed by atoms with Crippen LogP contribution < -0.4 is 9.64 Å². The Morgan fingerprint density at radius 2 is 1.79 bits per heavy atom. The van der Waals surface area contributed by atoms with E-state index in [1.54, 1.807) is 54.7 Å². The average molecular weight is 544 g/mol. The minimum Gasteiger partial charge on any atom is -0.494 e.